The fourth-order valence-electron chi connectivity index (χ4n) is 7.34. The number of carbonyl (C=O) groups is 3. The van der Waals surface area contributed by atoms with E-state index < -0.39 is 10.8 Å². The molecule has 38 heavy (non-hydrogen) atoms. The minimum absolute atomic E-state index is 0.0284. The first-order chi connectivity index (χ1) is 17.3. The number of hydrogen-bond donors (Lipinski definition) is 0. The lowest BCUT2D eigenvalue weighted by molar-refractivity contribution is -0.123. The smallest absolute Gasteiger partial charge is 0.227 e. The average Bonchev–Trinajstić information content (AvgIpc) is 2.81. The van der Waals surface area contributed by atoms with E-state index in [0.29, 0.717) is 6.42 Å². The van der Waals surface area contributed by atoms with Gasteiger partial charge in [-0.3, -0.25) is 14.4 Å². The Hall–Kier alpha value is -1.73. The van der Waals surface area contributed by atoms with Crippen LogP contribution >= 0.6 is 11.6 Å². The molecule has 2 aliphatic carbocycles. The van der Waals surface area contributed by atoms with Crippen LogP contribution in [0, 0.1) is 50.2 Å². The molecular formula is C33H50ClNO3. The Labute approximate surface area is 236 Å². The van der Waals surface area contributed by atoms with Crippen LogP contribution in [0.1, 0.15) is 121 Å². The zero-order chi connectivity index (χ0) is 29.3. The van der Waals surface area contributed by atoms with Crippen LogP contribution in [-0.2, 0) is 14.4 Å². The Bertz CT molecular complexity index is 1060. The van der Waals surface area contributed by atoms with Crippen molar-refractivity contribution in [3.63, 3.8) is 0 Å². The van der Waals surface area contributed by atoms with E-state index in [-0.39, 0.29) is 50.5 Å². The molecule has 0 bridgehead atoms. The summed E-state index contributed by atoms with van der Waals surface area (Å²) in [5.41, 5.74) is -0.445. The zero-order valence-corrected chi connectivity index (χ0v) is 26.3. The van der Waals surface area contributed by atoms with Gasteiger partial charge in [0.25, 0.3) is 0 Å². The van der Waals surface area contributed by atoms with Crippen molar-refractivity contribution < 1.29 is 14.4 Å². The molecule has 0 aromatic heterocycles. The third-order valence-electron chi connectivity index (χ3n) is 10.6. The summed E-state index contributed by atoms with van der Waals surface area (Å²) >= 11 is 6.25. The molecule has 0 saturated heterocycles. The van der Waals surface area contributed by atoms with Crippen LogP contribution in [0.15, 0.2) is 23.3 Å². The first kappa shape index (κ1) is 32.5. The van der Waals surface area contributed by atoms with Crippen molar-refractivity contribution in [2.75, 3.05) is 0 Å². The number of allylic oxidation sites excluding steroid dienone is 4. The van der Waals surface area contributed by atoms with E-state index >= 15 is 0 Å². The van der Waals surface area contributed by atoms with Crippen LogP contribution in [-0.4, -0.2) is 16.8 Å². The molecule has 212 valence electrons. The van der Waals surface area contributed by atoms with E-state index in [0.717, 1.165) is 50.5 Å². The normalized spacial score (nSPS) is 30.7. The molecule has 5 atom stereocenters. The summed E-state index contributed by atoms with van der Waals surface area (Å²) in [6.07, 6.45) is 10.6. The standard InChI is InChI=1S/C33H50ClNO3/c1-11-13-29(4,5)15-17-31(8,28(34)38)18-16-30(6,7)33(10)14-12-25-23(3)27(37)24(21-35)20-32(25,9)26(33)19-22(2)36/h19-20,23,25H,11-18H2,1-10H3/b26-19-/t23-,25-,31-,32-,33+/m0/s1. The number of nitriles is 1. The topological polar surface area (TPSA) is 75.0 Å². The third-order valence-corrected chi connectivity index (χ3v) is 11.1. The summed E-state index contributed by atoms with van der Waals surface area (Å²) < 4.78 is 0. The Kier molecular flexibility index (Phi) is 9.75. The fraction of sp³-hybridized carbons (Fsp3) is 0.758. The molecule has 0 N–H and O–H groups in total. The maximum atomic E-state index is 12.9. The Morgan fingerprint density at radius 2 is 1.68 bits per heavy atom. The summed E-state index contributed by atoms with van der Waals surface area (Å²) in [4.78, 5) is 38.2. The molecular weight excluding hydrogens is 494 g/mol. The van der Waals surface area contributed by atoms with Gasteiger partial charge in [-0.2, -0.15) is 5.26 Å². The van der Waals surface area contributed by atoms with Crippen LogP contribution in [0.5, 0.6) is 0 Å². The Morgan fingerprint density at radius 1 is 1.11 bits per heavy atom. The second-order valence-electron chi connectivity index (χ2n) is 14.4. The minimum atomic E-state index is -0.620. The maximum absolute atomic E-state index is 12.9. The molecule has 2 rings (SSSR count). The molecule has 1 saturated carbocycles. The second-order valence-corrected chi connectivity index (χ2v) is 14.7. The predicted octanol–water partition coefficient (Wildman–Crippen LogP) is 8.78. The molecule has 0 radical (unpaired) electrons. The number of halogens is 1. The van der Waals surface area contributed by atoms with Gasteiger partial charge in [-0.05, 0) is 91.7 Å². The number of fused-ring (bicyclic) bond motifs is 1. The lowest BCUT2D eigenvalue weighted by Gasteiger charge is -2.59. The van der Waals surface area contributed by atoms with Crippen molar-refractivity contribution in [1.82, 2.24) is 0 Å². The highest BCUT2D eigenvalue weighted by Gasteiger charge is 2.58. The molecule has 0 heterocycles. The SMILES string of the molecule is CCCC(C)(C)CC[C@@](C)(CCC(C)(C)[C@]1(C)CC[C@H]2[C@H](C)C(=O)C(C#N)=C[C@]2(C)/C1=C/C(C)=O)C(=O)Cl. The number of Topliss-reactive ketones (excluding diaryl/α,β-unsaturated/α-hetero) is 1. The van der Waals surface area contributed by atoms with Crippen molar-refractivity contribution in [2.45, 2.75) is 121 Å². The number of nitrogens with zero attached hydrogens (tertiary/aromatic N) is 1. The molecule has 2 aliphatic rings. The summed E-state index contributed by atoms with van der Waals surface area (Å²) in [6.45, 7) is 21.0. The molecule has 0 unspecified atom stereocenters. The molecule has 4 nitrogen and oxygen atoms in total. The first-order valence-electron chi connectivity index (χ1n) is 14.4. The lowest BCUT2D eigenvalue weighted by Crippen LogP contribution is -2.52. The Balaban J connectivity index is 2.48. The van der Waals surface area contributed by atoms with E-state index in [9.17, 15) is 19.6 Å². The highest BCUT2D eigenvalue weighted by molar-refractivity contribution is 6.64. The summed E-state index contributed by atoms with van der Waals surface area (Å²) in [5.74, 6) is -0.356. The number of ketones is 2. The lowest BCUT2D eigenvalue weighted by atomic mass is 9.44. The third kappa shape index (κ3) is 6.19. The van der Waals surface area contributed by atoms with Gasteiger partial charge in [0.2, 0.25) is 5.24 Å². The van der Waals surface area contributed by atoms with Crippen molar-refractivity contribution in [1.29, 1.82) is 5.26 Å². The van der Waals surface area contributed by atoms with E-state index in [4.69, 9.17) is 11.6 Å². The second kappa shape index (κ2) is 11.4. The molecule has 0 amide bonds. The van der Waals surface area contributed by atoms with E-state index in [2.05, 4.69) is 54.5 Å². The summed E-state index contributed by atoms with van der Waals surface area (Å²) in [6, 6.07) is 2.12. The average molecular weight is 544 g/mol. The quantitative estimate of drug-likeness (QED) is 0.193. The molecule has 1 fully saturated rings. The first-order valence-corrected chi connectivity index (χ1v) is 14.8. The highest BCUT2D eigenvalue weighted by atomic mass is 35.5. The van der Waals surface area contributed by atoms with Crippen molar-refractivity contribution in [3.8, 4) is 6.07 Å². The zero-order valence-electron chi connectivity index (χ0n) is 25.5. The van der Waals surface area contributed by atoms with Crippen LogP contribution < -0.4 is 0 Å². The number of rotatable bonds is 11. The van der Waals surface area contributed by atoms with Gasteiger partial charge in [0.05, 0.1) is 5.57 Å². The van der Waals surface area contributed by atoms with Crippen LogP contribution in [0.2, 0.25) is 0 Å². The van der Waals surface area contributed by atoms with Gasteiger partial charge < -0.3 is 0 Å². The van der Waals surface area contributed by atoms with Gasteiger partial charge in [0, 0.05) is 16.7 Å². The molecule has 0 aliphatic heterocycles. The Morgan fingerprint density at radius 3 is 2.18 bits per heavy atom. The van der Waals surface area contributed by atoms with Gasteiger partial charge in [-0.15, -0.1) is 0 Å². The fourth-order valence-corrected chi connectivity index (χ4v) is 7.53. The highest BCUT2D eigenvalue weighted by Crippen LogP contribution is 2.65. The minimum Gasteiger partial charge on any atom is -0.295 e. The van der Waals surface area contributed by atoms with Gasteiger partial charge >= 0.3 is 0 Å². The maximum Gasteiger partial charge on any atom is 0.227 e. The van der Waals surface area contributed by atoms with E-state index in [1.807, 2.05) is 19.9 Å². The summed E-state index contributed by atoms with van der Waals surface area (Å²) in [7, 11) is 0. The van der Waals surface area contributed by atoms with Gasteiger partial charge in [-0.1, -0.05) is 80.4 Å². The number of carbonyl (C=O) groups excluding carboxylic acids is 3. The largest absolute Gasteiger partial charge is 0.295 e. The van der Waals surface area contributed by atoms with Crippen LogP contribution in [0.25, 0.3) is 0 Å². The molecule has 0 aromatic rings. The van der Waals surface area contributed by atoms with Crippen LogP contribution in [0.3, 0.4) is 0 Å². The van der Waals surface area contributed by atoms with Gasteiger partial charge in [0.15, 0.2) is 11.6 Å². The van der Waals surface area contributed by atoms with E-state index in [1.165, 1.54) is 0 Å². The van der Waals surface area contributed by atoms with Crippen LogP contribution in [0.4, 0.5) is 0 Å². The van der Waals surface area contributed by atoms with Crippen molar-refractivity contribution in [2.24, 2.45) is 38.9 Å². The van der Waals surface area contributed by atoms with Crippen molar-refractivity contribution >= 4 is 28.4 Å². The van der Waals surface area contributed by atoms with Gasteiger partial charge in [-0.25, -0.2) is 0 Å². The molecule has 0 aromatic carbocycles. The monoisotopic (exact) mass is 543 g/mol. The molecule has 0 spiro atoms. The van der Waals surface area contributed by atoms with Gasteiger partial charge in [0.1, 0.15) is 6.07 Å². The summed E-state index contributed by atoms with van der Waals surface area (Å²) in [5, 5.41) is 9.46. The molecule has 5 heteroatoms. The number of hydrogen-bond acceptors (Lipinski definition) is 4. The van der Waals surface area contributed by atoms with Crippen molar-refractivity contribution in [3.05, 3.63) is 23.3 Å². The predicted molar refractivity (Wildman–Crippen MR) is 155 cm³/mol. The van der Waals surface area contributed by atoms with E-state index in [1.54, 1.807) is 13.0 Å².